The molecule has 0 aromatic heterocycles. The van der Waals surface area contributed by atoms with Crippen LogP contribution < -0.4 is 0 Å². The Morgan fingerprint density at radius 3 is 1.12 bits per heavy atom. The number of hydrogen-bond acceptors (Lipinski definition) is 4. The fourth-order valence-electron chi connectivity index (χ4n) is 0. The van der Waals surface area contributed by atoms with E-state index < -0.39 is 10.4 Å². The third kappa shape index (κ3) is 677. The predicted molar refractivity (Wildman–Crippen MR) is 21.7 cm³/mol. The molecule has 0 unspecified atom stereocenters. The van der Waals surface area contributed by atoms with Crippen LogP contribution in [0.4, 0.5) is 0 Å². The molecule has 0 bridgehead atoms. The molecule has 0 spiro atoms. The van der Waals surface area contributed by atoms with Crippen molar-refractivity contribution in [3.05, 3.63) is 13.2 Å². The van der Waals surface area contributed by atoms with Gasteiger partial charge in [-0.05, 0) is 0 Å². The zero-order chi connectivity index (χ0) is 6.50. The molecule has 0 aliphatic heterocycles. The van der Waals surface area contributed by atoms with Crippen LogP contribution >= 0.6 is 0 Å². The summed E-state index contributed by atoms with van der Waals surface area (Å²) in [6, 6.07) is 0. The van der Waals surface area contributed by atoms with E-state index in [0.29, 0.717) is 0 Å². The van der Waals surface area contributed by atoms with Crippen molar-refractivity contribution in [2.24, 2.45) is 0 Å². The summed E-state index contributed by atoms with van der Waals surface area (Å²) < 4.78 is 34.1. The zero-order valence-corrected chi connectivity index (χ0v) is 10.5. The Balaban J connectivity index is -0.0000000750. The second-order valence-electron chi connectivity index (χ2n) is 0.408. The van der Waals surface area contributed by atoms with E-state index in [1.54, 1.807) is 0 Å². The van der Waals surface area contributed by atoms with Gasteiger partial charge in [-0.25, -0.2) is 0 Å². The third-order valence-corrected chi connectivity index (χ3v) is 0. The molecule has 0 fully saturated rings. The molecule has 0 radical (unpaired) electrons. The van der Waals surface area contributed by atoms with Crippen molar-refractivity contribution in [2.45, 2.75) is 0 Å². The Morgan fingerprint density at radius 1 is 1.12 bits per heavy atom. The molecule has 0 atom stereocenters. The molecule has 0 heterocycles. The summed E-state index contributed by atoms with van der Waals surface area (Å²) in [4.78, 5) is 0. The molecule has 8 heavy (non-hydrogen) atoms. The summed E-state index contributed by atoms with van der Waals surface area (Å²) in [7, 11) is -5.17. The molecular weight excluding hydrogens is 321 g/mol. The van der Waals surface area contributed by atoms with Crippen LogP contribution in [0.2, 0.25) is 0 Å². The van der Waals surface area contributed by atoms with E-state index >= 15 is 0 Å². The minimum Gasteiger partial charge on any atom is -0.759 e. The van der Waals surface area contributed by atoms with E-state index in [4.69, 9.17) is 17.5 Å². The van der Waals surface area contributed by atoms with Crippen LogP contribution in [-0.4, -0.2) is 17.5 Å². The maximum atomic E-state index is 8.52. The van der Waals surface area contributed by atoms with Crippen LogP contribution in [0.15, 0.2) is 13.2 Å². The molecule has 0 rings (SSSR count). The quantitative estimate of drug-likeness (QED) is 0.259. The van der Waals surface area contributed by atoms with Gasteiger partial charge in [0.05, 0.1) is 0 Å². The number of hydrogen-bond donors (Lipinski definition) is 0. The van der Waals surface area contributed by atoms with Gasteiger partial charge in [-0.3, -0.25) is 8.42 Å². The fraction of sp³-hybridized carbons (Fsp3) is 0. The van der Waals surface area contributed by atoms with Gasteiger partial charge in [-0.2, -0.15) is 0 Å². The summed E-state index contributed by atoms with van der Waals surface area (Å²) >= 11 is 0. The Bertz CT molecular complexity index is 108. The summed E-state index contributed by atoms with van der Waals surface area (Å²) in [5, 5.41) is 0. The molecule has 0 saturated carbocycles. The third-order valence-electron chi connectivity index (χ3n) is 0. The summed E-state index contributed by atoms with van der Waals surface area (Å²) in [6.45, 7) is 6.00. The maximum Gasteiger partial charge on any atom is 2.00 e. The molecule has 0 aromatic rings. The molecule has 0 aliphatic carbocycles. The van der Waals surface area contributed by atoms with E-state index in [0.717, 1.165) is 0 Å². The maximum absolute atomic E-state index is 8.52. The van der Waals surface area contributed by atoms with E-state index in [9.17, 15) is 0 Å². The first-order chi connectivity index (χ1) is 3.00. The van der Waals surface area contributed by atoms with Crippen molar-refractivity contribution in [2.75, 3.05) is 0 Å². The minimum atomic E-state index is -5.17. The van der Waals surface area contributed by atoms with E-state index in [2.05, 4.69) is 13.2 Å². The Kier molecular flexibility index (Phi) is 14.9. The molecule has 0 aliphatic rings. The molecule has 4 nitrogen and oxygen atoms in total. The molecule has 0 aromatic carbocycles. The van der Waals surface area contributed by atoms with Gasteiger partial charge in [-0.15, -0.1) is 13.2 Å². The van der Waals surface area contributed by atoms with Crippen LogP contribution in [-0.2, 0) is 38.1 Å². The average molecular weight is 325 g/mol. The van der Waals surface area contributed by atoms with Gasteiger partial charge in [0.25, 0.3) is 0 Å². The van der Waals surface area contributed by atoms with Gasteiger partial charge in [0, 0.05) is 10.4 Å². The van der Waals surface area contributed by atoms with Crippen LogP contribution in [0.3, 0.4) is 0 Å². The molecule has 0 N–H and O–H groups in total. The van der Waals surface area contributed by atoms with Crippen molar-refractivity contribution < 1.29 is 45.2 Å². The van der Waals surface area contributed by atoms with Gasteiger partial charge < -0.3 is 9.11 Å². The molecule has 6 heteroatoms. The van der Waals surface area contributed by atoms with Crippen molar-refractivity contribution in [1.82, 2.24) is 0 Å². The van der Waals surface area contributed by atoms with E-state index in [1.807, 2.05) is 0 Å². The van der Waals surface area contributed by atoms with Crippen molar-refractivity contribution in [1.29, 1.82) is 0 Å². The van der Waals surface area contributed by atoms with Crippen molar-refractivity contribution in [3.63, 3.8) is 0 Å². The van der Waals surface area contributed by atoms with Crippen molar-refractivity contribution in [3.8, 4) is 0 Å². The summed E-state index contributed by atoms with van der Waals surface area (Å²) in [5.74, 6) is 0. The first-order valence-corrected chi connectivity index (χ1v) is 2.50. The Morgan fingerprint density at radius 2 is 1.12 bits per heavy atom. The minimum absolute atomic E-state index is 0. The van der Waals surface area contributed by atoms with E-state index in [1.165, 1.54) is 0 Å². The van der Waals surface area contributed by atoms with Gasteiger partial charge in [0.1, 0.15) is 0 Å². The van der Waals surface area contributed by atoms with Crippen LogP contribution in [0.1, 0.15) is 0 Å². The second kappa shape index (κ2) is 7.55. The van der Waals surface area contributed by atoms with E-state index in [-0.39, 0.29) is 27.7 Å². The van der Waals surface area contributed by atoms with Gasteiger partial charge >= 0.3 is 27.7 Å². The van der Waals surface area contributed by atoms with Crippen LogP contribution in [0.5, 0.6) is 0 Å². The largest absolute Gasteiger partial charge is 2.00 e. The summed E-state index contributed by atoms with van der Waals surface area (Å²) in [5.41, 5.74) is 0. The van der Waals surface area contributed by atoms with Gasteiger partial charge in [-0.1, -0.05) is 0 Å². The zero-order valence-electron chi connectivity index (χ0n) is 4.16. The predicted octanol–water partition coefficient (Wildman–Crippen LogP) is -0.538. The standard InChI is InChI=1S/C2H4.Hg.H2O4S/c1-2;;1-5(2,3)4/h1-2H2;;(H2,1,2,3,4)/q;+2;/p-2. The summed E-state index contributed by atoms with van der Waals surface area (Å²) in [6.07, 6.45) is 0. The molecule has 0 saturated heterocycles. The van der Waals surface area contributed by atoms with Crippen LogP contribution in [0.25, 0.3) is 0 Å². The van der Waals surface area contributed by atoms with Gasteiger partial charge in [0.15, 0.2) is 0 Å². The smallest absolute Gasteiger partial charge is 0.759 e. The Hall–Kier alpha value is 0.545. The topological polar surface area (TPSA) is 80.3 Å². The number of rotatable bonds is 0. The monoisotopic (exact) mass is 326 g/mol. The van der Waals surface area contributed by atoms with Gasteiger partial charge in [0.2, 0.25) is 0 Å². The van der Waals surface area contributed by atoms with Crippen LogP contribution in [0, 0.1) is 0 Å². The first-order valence-electron chi connectivity index (χ1n) is 1.17. The van der Waals surface area contributed by atoms with Crippen molar-refractivity contribution >= 4 is 10.4 Å². The normalized spacial score (nSPS) is 7.75. The second-order valence-corrected chi connectivity index (χ2v) is 1.22. The first kappa shape index (κ1) is 15.8. The average Bonchev–Trinajstić information content (AvgIpc) is 1.36. The molecule has 0 amide bonds. The Labute approximate surface area is 68.7 Å². The fourth-order valence-corrected chi connectivity index (χ4v) is 0. The molecular formula is C2H4HgO4S. The SMILES string of the molecule is C=C.O=S(=O)([O-])[O-].[Hg+2]. The molecule has 44 valence electrons.